The predicted molar refractivity (Wildman–Crippen MR) is 35.9 cm³/mol. The maximum atomic E-state index is 10.2. The van der Waals surface area contributed by atoms with Crippen LogP contribution in [0.3, 0.4) is 0 Å². The Bertz CT molecular complexity index is 116. The van der Waals surface area contributed by atoms with Gasteiger partial charge in [0.05, 0.1) is 0 Å². The smallest absolute Gasteiger partial charge is 0.155 e. The van der Waals surface area contributed by atoms with Crippen LogP contribution in [0.1, 0.15) is 13.8 Å². The van der Waals surface area contributed by atoms with Gasteiger partial charge in [-0.05, 0) is 24.9 Å². The minimum Gasteiger partial charge on any atom is -0.770 e. The van der Waals surface area contributed by atoms with Crippen LogP contribution in [0.4, 0.5) is 0 Å². The molecule has 0 saturated heterocycles. The summed E-state index contributed by atoms with van der Waals surface area (Å²) in [7, 11) is 1.45. The molecule has 0 N–H and O–H groups in total. The second-order valence-electron chi connectivity index (χ2n) is 1.77. The van der Waals surface area contributed by atoms with Gasteiger partial charge in [-0.2, -0.15) is 0 Å². The summed E-state index contributed by atoms with van der Waals surface area (Å²) in [6.07, 6.45) is -0.479. The Labute approximate surface area is 62.8 Å². The van der Waals surface area contributed by atoms with E-state index < -0.39 is 22.8 Å². The molecule has 0 aromatic heterocycles. The second kappa shape index (κ2) is 4.79. The lowest BCUT2D eigenvalue weighted by atomic mass is 10.7. The van der Waals surface area contributed by atoms with Crippen molar-refractivity contribution < 1.29 is 18.2 Å². The lowest BCUT2D eigenvalue weighted by molar-refractivity contribution is -0.118. The van der Waals surface area contributed by atoms with E-state index in [1.807, 2.05) is 0 Å². The average Bonchev–Trinajstić information content (AvgIpc) is 1.87. The van der Waals surface area contributed by atoms with E-state index in [-0.39, 0.29) is 0 Å². The molecule has 0 heterocycles. The zero-order valence-corrected chi connectivity index (χ0v) is 7.01. The molecule has 0 saturated carbocycles. The molecule has 3 atom stereocenters. The van der Waals surface area contributed by atoms with Crippen LogP contribution in [-0.4, -0.2) is 27.6 Å². The van der Waals surface area contributed by atoms with Crippen molar-refractivity contribution >= 4 is 11.1 Å². The molecule has 0 bridgehead atoms. The van der Waals surface area contributed by atoms with Gasteiger partial charge in [0.2, 0.25) is 0 Å². The number of hydrogen-bond donors (Lipinski definition) is 0. The van der Waals surface area contributed by atoms with Gasteiger partial charge < -0.3 is 14.0 Å². The quantitative estimate of drug-likeness (QED) is 0.444. The van der Waals surface area contributed by atoms with Crippen LogP contribution in [0.2, 0.25) is 0 Å². The van der Waals surface area contributed by atoms with Crippen molar-refractivity contribution in [3.8, 4) is 0 Å². The predicted octanol–water partition coefficient (Wildman–Crippen LogP) is 0.221. The van der Waals surface area contributed by atoms with E-state index in [1.165, 1.54) is 14.0 Å². The monoisotopic (exact) mass is 167 g/mol. The van der Waals surface area contributed by atoms with Crippen molar-refractivity contribution in [2.45, 2.75) is 25.6 Å². The number of hydrogen-bond acceptors (Lipinski definition) is 4. The lowest BCUT2D eigenvalue weighted by Crippen LogP contribution is -2.22. The summed E-state index contributed by atoms with van der Waals surface area (Å²) in [5.74, 6) is 0. The van der Waals surface area contributed by atoms with Crippen molar-refractivity contribution in [1.82, 2.24) is 0 Å². The molecule has 0 fully saturated rings. The average molecular weight is 167 g/mol. The fourth-order valence-electron chi connectivity index (χ4n) is 0.371. The molecule has 4 nitrogen and oxygen atoms in total. The molecule has 3 unspecified atom stereocenters. The van der Waals surface area contributed by atoms with Gasteiger partial charge in [-0.1, -0.05) is 0 Å². The van der Waals surface area contributed by atoms with Gasteiger partial charge in [-0.3, -0.25) is 4.21 Å². The Kier molecular flexibility index (Phi) is 4.80. The summed E-state index contributed by atoms with van der Waals surface area (Å²) in [4.78, 5) is 0. The first kappa shape index (κ1) is 10.0. The van der Waals surface area contributed by atoms with Crippen molar-refractivity contribution in [3.05, 3.63) is 0 Å². The van der Waals surface area contributed by atoms with Crippen molar-refractivity contribution in [3.63, 3.8) is 0 Å². The lowest BCUT2D eigenvalue weighted by Gasteiger charge is -2.19. The molecular weight excluding hydrogens is 156 g/mol. The Morgan fingerprint density at radius 2 is 2.00 bits per heavy atom. The van der Waals surface area contributed by atoms with Crippen LogP contribution in [-0.2, 0) is 20.6 Å². The Morgan fingerprint density at radius 3 is 2.30 bits per heavy atom. The Hall–Kier alpha value is 0.0300. The summed E-state index contributed by atoms with van der Waals surface area (Å²) in [5.41, 5.74) is -0.810. The van der Waals surface area contributed by atoms with Crippen LogP contribution in [0.5, 0.6) is 0 Å². The maximum absolute atomic E-state index is 10.2. The van der Waals surface area contributed by atoms with Gasteiger partial charge in [0.1, 0.15) is 5.44 Å². The van der Waals surface area contributed by atoms with Crippen LogP contribution in [0.25, 0.3) is 0 Å². The molecule has 0 aliphatic heterocycles. The van der Waals surface area contributed by atoms with E-state index in [1.54, 1.807) is 6.92 Å². The molecule has 0 spiro atoms. The first-order valence-electron chi connectivity index (χ1n) is 2.84. The van der Waals surface area contributed by atoms with Gasteiger partial charge in [0.25, 0.3) is 0 Å². The fraction of sp³-hybridized carbons (Fsp3) is 1.00. The summed E-state index contributed by atoms with van der Waals surface area (Å²) >= 11 is -2.18. The summed E-state index contributed by atoms with van der Waals surface area (Å²) in [5, 5.41) is 0. The second-order valence-corrected chi connectivity index (χ2v) is 2.95. The van der Waals surface area contributed by atoms with Gasteiger partial charge in [-0.25, -0.2) is 0 Å². The highest BCUT2D eigenvalue weighted by Gasteiger charge is 2.06. The fourth-order valence-corrected chi connectivity index (χ4v) is 0.618. The van der Waals surface area contributed by atoms with E-state index in [2.05, 4.69) is 4.74 Å². The van der Waals surface area contributed by atoms with E-state index in [0.29, 0.717) is 0 Å². The minimum absolute atomic E-state index is 0.479. The maximum Gasteiger partial charge on any atom is 0.155 e. The normalized spacial score (nSPS) is 20.0. The molecule has 0 rings (SSSR count). The third kappa shape index (κ3) is 3.94. The molecule has 0 amide bonds. The molecule has 10 heavy (non-hydrogen) atoms. The number of rotatable bonds is 4. The van der Waals surface area contributed by atoms with Gasteiger partial charge in [-0.15, -0.1) is 0 Å². The van der Waals surface area contributed by atoms with Crippen LogP contribution < -0.4 is 0 Å². The molecule has 0 radical (unpaired) electrons. The molecule has 5 heteroatoms. The van der Waals surface area contributed by atoms with Crippen LogP contribution in [0, 0.1) is 0 Å². The highest BCUT2D eigenvalue weighted by molar-refractivity contribution is 7.79. The molecule has 0 aromatic carbocycles. The van der Waals surface area contributed by atoms with E-state index in [4.69, 9.17) is 4.74 Å². The molecule has 0 aromatic rings. The minimum atomic E-state index is -2.18. The van der Waals surface area contributed by atoms with Crippen molar-refractivity contribution in [1.29, 1.82) is 0 Å². The first-order valence-corrected chi connectivity index (χ1v) is 3.98. The van der Waals surface area contributed by atoms with Crippen LogP contribution >= 0.6 is 0 Å². The standard InChI is InChI=1S/C5H12O4S/c1-4(8-3)9-5(2)10(6)7/h4-5H,1-3H3,(H,6,7)/p-1. The Morgan fingerprint density at radius 1 is 1.50 bits per heavy atom. The van der Waals surface area contributed by atoms with Crippen LogP contribution in [0.15, 0.2) is 0 Å². The summed E-state index contributed by atoms with van der Waals surface area (Å²) in [6.45, 7) is 3.07. The first-order chi connectivity index (χ1) is 4.57. The van der Waals surface area contributed by atoms with Gasteiger partial charge >= 0.3 is 0 Å². The highest BCUT2D eigenvalue weighted by Crippen LogP contribution is 2.00. The van der Waals surface area contributed by atoms with Gasteiger partial charge in [0, 0.05) is 7.11 Å². The number of ether oxygens (including phenoxy) is 2. The van der Waals surface area contributed by atoms with E-state index in [0.717, 1.165) is 0 Å². The van der Waals surface area contributed by atoms with Gasteiger partial charge in [0.15, 0.2) is 6.29 Å². The number of methoxy groups -OCH3 is 1. The third-order valence-corrected chi connectivity index (χ3v) is 1.64. The highest BCUT2D eigenvalue weighted by atomic mass is 32.2. The summed E-state index contributed by atoms with van der Waals surface area (Å²) in [6, 6.07) is 0. The van der Waals surface area contributed by atoms with Crippen molar-refractivity contribution in [2.24, 2.45) is 0 Å². The molecule has 62 valence electrons. The zero-order chi connectivity index (χ0) is 8.15. The molecule has 0 aliphatic rings. The van der Waals surface area contributed by atoms with E-state index >= 15 is 0 Å². The third-order valence-electron chi connectivity index (χ3n) is 0.986. The zero-order valence-electron chi connectivity index (χ0n) is 6.20. The molecular formula is C5H11O4S-. The van der Waals surface area contributed by atoms with E-state index in [9.17, 15) is 8.76 Å². The Balaban J connectivity index is 3.56. The summed E-state index contributed by atoms with van der Waals surface area (Å²) < 4.78 is 29.8. The largest absolute Gasteiger partial charge is 0.770 e. The van der Waals surface area contributed by atoms with Crippen molar-refractivity contribution in [2.75, 3.05) is 7.11 Å². The molecule has 0 aliphatic carbocycles. The topological polar surface area (TPSA) is 58.6 Å². The SMILES string of the molecule is COC(C)OC(C)S(=O)[O-].